The van der Waals surface area contributed by atoms with Gasteiger partial charge in [-0.3, -0.25) is 9.59 Å². The number of fused-ring (bicyclic) bond motifs is 2. The summed E-state index contributed by atoms with van der Waals surface area (Å²) < 4.78 is 5.75. The minimum Gasteiger partial charge on any atom is -0.374 e. The van der Waals surface area contributed by atoms with E-state index in [1.165, 1.54) is 6.20 Å². The standard InChI is InChI=1S/C19H18ClN3O3/c20-11-5-8-17(21-10-11)23-18(24)13-3-1-2-4-15(13)22-19(25)14-9-12-6-7-16(14)26-12/h1-5,8,10,12,14,16H,6-7,9H2,(H,22,25)(H,21,23,24)/t12-,14-,16+/m1/s1. The molecule has 26 heavy (non-hydrogen) atoms. The van der Waals surface area contributed by atoms with Gasteiger partial charge in [-0.2, -0.15) is 0 Å². The first-order valence-corrected chi connectivity index (χ1v) is 8.96. The van der Waals surface area contributed by atoms with E-state index in [2.05, 4.69) is 15.6 Å². The normalized spacial score (nSPS) is 23.7. The molecule has 0 aliphatic carbocycles. The van der Waals surface area contributed by atoms with E-state index < -0.39 is 0 Å². The van der Waals surface area contributed by atoms with Gasteiger partial charge in [-0.05, 0) is 43.5 Å². The van der Waals surface area contributed by atoms with Crippen LogP contribution in [0.15, 0.2) is 42.6 Å². The summed E-state index contributed by atoms with van der Waals surface area (Å²) in [4.78, 5) is 29.3. The summed E-state index contributed by atoms with van der Waals surface area (Å²) in [5.74, 6) is -0.202. The molecular formula is C19H18ClN3O3. The average molecular weight is 372 g/mol. The van der Waals surface area contributed by atoms with Gasteiger partial charge in [0.05, 0.1) is 34.4 Å². The highest BCUT2D eigenvalue weighted by molar-refractivity contribution is 6.30. The number of benzene rings is 1. The van der Waals surface area contributed by atoms with E-state index in [4.69, 9.17) is 16.3 Å². The zero-order valence-corrected chi connectivity index (χ0v) is 14.7. The van der Waals surface area contributed by atoms with Gasteiger partial charge in [0, 0.05) is 6.20 Å². The number of anilines is 2. The van der Waals surface area contributed by atoms with Crippen LogP contribution < -0.4 is 10.6 Å². The molecule has 2 aromatic rings. The lowest BCUT2D eigenvalue weighted by molar-refractivity contribution is -0.121. The Labute approximate surface area is 155 Å². The first-order valence-electron chi connectivity index (χ1n) is 8.58. The van der Waals surface area contributed by atoms with Gasteiger partial charge in [-0.25, -0.2) is 4.98 Å². The van der Waals surface area contributed by atoms with Gasteiger partial charge < -0.3 is 15.4 Å². The lowest BCUT2D eigenvalue weighted by Crippen LogP contribution is -2.31. The van der Waals surface area contributed by atoms with Gasteiger partial charge in [0.15, 0.2) is 0 Å². The van der Waals surface area contributed by atoms with E-state index in [1.807, 2.05) is 0 Å². The van der Waals surface area contributed by atoms with Gasteiger partial charge in [0.1, 0.15) is 5.82 Å². The molecule has 2 aliphatic heterocycles. The summed E-state index contributed by atoms with van der Waals surface area (Å²) >= 11 is 5.80. The molecule has 0 unspecified atom stereocenters. The van der Waals surface area contributed by atoms with E-state index in [-0.39, 0.29) is 29.9 Å². The zero-order chi connectivity index (χ0) is 18.1. The number of hydrogen-bond acceptors (Lipinski definition) is 4. The molecule has 2 bridgehead atoms. The molecule has 3 heterocycles. The van der Waals surface area contributed by atoms with Crippen LogP contribution in [0.5, 0.6) is 0 Å². The van der Waals surface area contributed by atoms with E-state index in [1.54, 1.807) is 36.4 Å². The summed E-state index contributed by atoms with van der Waals surface area (Å²) in [7, 11) is 0. The second-order valence-corrected chi connectivity index (χ2v) is 7.00. The smallest absolute Gasteiger partial charge is 0.258 e. The van der Waals surface area contributed by atoms with Gasteiger partial charge in [0.25, 0.3) is 5.91 Å². The molecule has 1 aromatic carbocycles. The number of carbonyl (C=O) groups excluding carboxylic acids is 2. The Kier molecular flexibility index (Phi) is 4.61. The molecule has 1 aromatic heterocycles. The predicted molar refractivity (Wildman–Crippen MR) is 98.3 cm³/mol. The third-order valence-corrected chi connectivity index (χ3v) is 5.06. The Morgan fingerprint density at radius 3 is 2.65 bits per heavy atom. The fourth-order valence-electron chi connectivity index (χ4n) is 3.56. The number of amides is 2. The highest BCUT2D eigenvalue weighted by Crippen LogP contribution is 2.39. The van der Waals surface area contributed by atoms with Gasteiger partial charge >= 0.3 is 0 Å². The molecule has 134 valence electrons. The third kappa shape index (κ3) is 3.43. The molecule has 3 atom stereocenters. The lowest BCUT2D eigenvalue weighted by Gasteiger charge is -2.19. The number of nitrogens with one attached hydrogen (secondary N) is 2. The molecule has 2 amide bonds. The number of rotatable bonds is 4. The number of hydrogen-bond donors (Lipinski definition) is 2. The number of nitrogens with zero attached hydrogens (tertiary/aromatic N) is 1. The number of carbonyl (C=O) groups is 2. The lowest BCUT2D eigenvalue weighted by atomic mass is 9.88. The molecule has 7 heteroatoms. The molecule has 2 N–H and O–H groups in total. The minimum atomic E-state index is -0.347. The van der Waals surface area contributed by atoms with Gasteiger partial charge in [0.2, 0.25) is 5.91 Å². The van der Waals surface area contributed by atoms with Crippen molar-refractivity contribution in [1.82, 2.24) is 4.98 Å². The Balaban J connectivity index is 1.48. The quantitative estimate of drug-likeness (QED) is 0.862. The van der Waals surface area contributed by atoms with Crippen LogP contribution >= 0.6 is 11.6 Å². The summed E-state index contributed by atoms with van der Waals surface area (Å²) in [6.45, 7) is 0. The molecule has 0 saturated carbocycles. The molecule has 2 aliphatic rings. The molecule has 4 rings (SSSR count). The summed E-state index contributed by atoms with van der Waals surface area (Å²) in [6.07, 6.45) is 4.36. The molecule has 0 radical (unpaired) electrons. The number of halogens is 1. The van der Waals surface area contributed by atoms with E-state index >= 15 is 0 Å². The highest BCUT2D eigenvalue weighted by Gasteiger charge is 2.44. The van der Waals surface area contributed by atoms with Crippen molar-refractivity contribution in [3.05, 3.63) is 53.2 Å². The van der Waals surface area contributed by atoms with Crippen molar-refractivity contribution in [2.24, 2.45) is 5.92 Å². The van der Waals surface area contributed by atoms with Crippen molar-refractivity contribution in [2.75, 3.05) is 10.6 Å². The van der Waals surface area contributed by atoms with Crippen LogP contribution in [-0.2, 0) is 9.53 Å². The van der Waals surface area contributed by atoms with Crippen molar-refractivity contribution in [3.63, 3.8) is 0 Å². The van der Waals surface area contributed by atoms with E-state index in [0.717, 1.165) is 19.3 Å². The Morgan fingerprint density at radius 1 is 1.12 bits per heavy atom. The van der Waals surface area contributed by atoms with Gasteiger partial charge in [-0.1, -0.05) is 23.7 Å². The molecule has 0 spiro atoms. The topological polar surface area (TPSA) is 80.3 Å². The maximum atomic E-state index is 12.6. The van der Waals surface area contributed by atoms with Crippen LogP contribution in [0.2, 0.25) is 5.02 Å². The number of pyridine rings is 1. The number of aromatic nitrogens is 1. The van der Waals surface area contributed by atoms with E-state index in [0.29, 0.717) is 22.1 Å². The van der Waals surface area contributed by atoms with Crippen molar-refractivity contribution in [1.29, 1.82) is 0 Å². The summed E-state index contributed by atoms with van der Waals surface area (Å²) in [5, 5.41) is 6.09. The number of para-hydroxylation sites is 1. The van der Waals surface area contributed by atoms with E-state index in [9.17, 15) is 9.59 Å². The Hall–Kier alpha value is -2.44. The number of ether oxygens (including phenoxy) is 1. The van der Waals surface area contributed by atoms with Crippen molar-refractivity contribution in [3.8, 4) is 0 Å². The van der Waals surface area contributed by atoms with Crippen LogP contribution in [0, 0.1) is 5.92 Å². The van der Waals surface area contributed by atoms with Crippen LogP contribution in [0.3, 0.4) is 0 Å². The Bertz CT molecular complexity index is 840. The molecular weight excluding hydrogens is 354 g/mol. The van der Waals surface area contributed by atoms with Crippen molar-refractivity contribution >= 4 is 34.9 Å². The first kappa shape index (κ1) is 17.0. The average Bonchev–Trinajstić information content (AvgIpc) is 3.27. The maximum Gasteiger partial charge on any atom is 0.258 e. The van der Waals surface area contributed by atoms with Crippen LogP contribution in [0.1, 0.15) is 29.6 Å². The van der Waals surface area contributed by atoms with Crippen LogP contribution in [0.4, 0.5) is 11.5 Å². The fraction of sp³-hybridized carbons (Fsp3) is 0.316. The Morgan fingerprint density at radius 2 is 1.96 bits per heavy atom. The monoisotopic (exact) mass is 371 g/mol. The second kappa shape index (κ2) is 7.05. The van der Waals surface area contributed by atoms with Crippen molar-refractivity contribution in [2.45, 2.75) is 31.5 Å². The van der Waals surface area contributed by atoms with Gasteiger partial charge in [-0.15, -0.1) is 0 Å². The minimum absolute atomic E-state index is 0.000689. The van der Waals surface area contributed by atoms with Crippen LogP contribution in [-0.4, -0.2) is 29.0 Å². The largest absolute Gasteiger partial charge is 0.374 e. The predicted octanol–water partition coefficient (Wildman–Crippen LogP) is 3.49. The summed E-state index contributed by atoms with van der Waals surface area (Å²) in [6, 6.07) is 10.2. The summed E-state index contributed by atoms with van der Waals surface area (Å²) in [5.41, 5.74) is 0.855. The SMILES string of the molecule is O=C(Nc1ccc(Cl)cn1)c1ccccc1NC(=O)[C@@H]1C[C@H]2CC[C@@H]1O2. The molecule has 2 fully saturated rings. The fourth-order valence-corrected chi connectivity index (χ4v) is 3.67. The maximum absolute atomic E-state index is 12.6. The molecule has 2 saturated heterocycles. The highest BCUT2D eigenvalue weighted by atomic mass is 35.5. The zero-order valence-electron chi connectivity index (χ0n) is 13.9. The first-order chi connectivity index (χ1) is 12.6. The second-order valence-electron chi connectivity index (χ2n) is 6.57. The molecule has 6 nitrogen and oxygen atoms in total. The third-order valence-electron chi connectivity index (χ3n) is 4.84. The van der Waals surface area contributed by atoms with Crippen molar-refractivity contribution < 1.29 is 14.3 Å². The van der Waals surface area contributed by atoms with Crippen LogP contribution in [0.25, 0.3) is 0 Å².